The predicted molar refractivity (Wildman–Crippen MR) is 137 cm³/mol. The van der Waals surface area contributed by atoms with E-state index in [0.29, 0.717) is 4.78 Å². The smallest absolute Gasteiger partial charge is 0.504 e. The van der Waals surface area contributed by atoms with E-state index in [1.54, 1.807) is 11.3 Å². The van der Waals surface area contributed by atoms with Gasteiger partial charge in [0.1, 0.15) is 0 Å². The van der Waals surface area contributed by atoms with Gasteiger partial charge in [-0.3, -0.25) is 0 Å². The SMILES string of the molecule is Cc1cc2c3c(sc2c2c1-c1sc(OBO)cc1C2(C)C)-c1sc(B(O)O)cc1C3(C)C. The van der Waals surface area contributed by atoms with Crippen LogP contribution in [0.25, 0.3) is 30.3 Å². The first kappa shape index (κ1) is 21.0. The summed E-state index contributed by atoms with van der Waals surface area (Å²) < 4.78 is 7.34. The summed E-state index contributed by atoms with van der Waals surface area (Å²) in [7, 11) is -1.75. The third-order valence-corrected chi connectivity index (χ3v) is 10.8. The van der Waals surface area contributed by atoms with Crippen molar-refractivity contribution in [2.24, 2.45) is 0 Å². The lowest BCUT2D eigenvalue weighted by molar-refractivity contribution is 0.427. The Hall–Kier alpha value is -1.61. The molecule has 0 saturated carbocycles. The zero-order valence-corrected chi connectivity index (χ0v) is 20.9. The van der Waals surface area contributed by atoms with Gasteiger partial charge >= 0.3 is 14.8 Å². The Kier molecular flexibility index (Phi) is 4.25. The van der Waals surface area contributed by atoms with Crippen molar-refractivity contribution in [1.82, 2.24) is 0 Å². The molecule has 4 nitrogen and oxygen atoms in total. The van der Waals surface area contributed by atoms with Crippen molar-refractivity contribution >= 4 is 63.7 Å². The Morgan fingerprint density at radius 3 is 2.25 bits per heavy atom. The highest BCUT2D eigenvalue weighted by atomic mass is 32.1. The van der Waals surface area contributed by atoms with Gasteiger partial charge < -0.3 is 19.7 Å². The van der Waals surface area contributed by atoms with Gasteiger partial charge in [-0.1, -0.05) is 27.7 Å². The highest BCUT2D eigenvalue weighted by Gasteiger charge is 2.45. The molecular weight excluding hydrogens is 458 g/mol. The van der Waals surface area contributed by atoms with Crippen molar-refractivity contribution in [3.8, 4) is 25.3 Å². The maximum Gasteiger partial charge on any atom is 0.504 e. The zero-order valence-electron chi connectivity index (χ0n) is 18.5. The molecule has 0 radical (unpaired) electrons. The van der Waals surface area contributed by atoms with Gasteiger partial charge in [-0.2, -0.15) is 0 Å². The van der Waals surface area contributed by atoms with E-state index >= 15 is 0 Å². The highest BCUT2D eigenvalue weighted by Crippen LogP contribution is 2.62. The van der Waals surface area contributed by atoms with Crippen LogP contribution in [0.3, 0.4) is 0 Å². The Bertz CT molecular complexity index is 1440. The topological polar surface area (TPSA) is 69.9 Å². The van der Waals surface area contributed by atoms with Gasteiger partial charge in [0.2, 0.25) is 0 Å². The number of fused-ring (bicyclic) bond motifs is 9. The molecule has 0 atom stereocenters. The molecule has 0 bridgehead atoms. The molecule has 2 aliphatic carbocycles. The lowest BCUT2D eigenvalue weighted by Gasteiger charge is -2.24. The molecule has 1 aromatic carbocycles. The van der Waals surface area contributed by atoms with Crippen LogP contribution in [0.5, 0.6) is 5.06 Å². The summed E-state index contributed by atoms with van der Waals surface area (Å²) in [6, 6.07) is 6.38. The van der Waals surface area contributed by atoms with E-state index in [2.05, 4.69) is 46.8 Å². The molecule has 3 heterocycles. The Morgan fingerprint density at radius 1 is 0.875 bits per heavy atom. The number of benzene rings is 1. The minimum atomic E-state index is -1.43. The van der Waals surface area contributed by atoms with Crippen LogP contribution in [-0.2, 0) is 10.8 Å². The summed E-state index contributed by atoms with van der Waals surface area (Å²) in [5, 5.41) is 30.8. The molecule has 9 heteroatoms. The van der Waals surface area contributed by atoms with Gasteiger partial charge in [0.25, 0.3) is 0 Å². The standard InChI is InChI=1S/C23H22B2O4S3/c1-9-6-10-16-21(20-11(22(16,2)3)7-13(30-20)25(27)28)32-18(10)17-15(9)19-12(23(17,4)5)8-14(31-19)29-24-26/h6-8,24,26-28H,1-5H3. The molecular formula is C23H22B2O4S3. The summed E-state index contributed by atoms with van der Waals surface area (Å²) in [5.74, 6) is 0. The predicted octanol–water partition coefficient (Wildman–Crippen LogP) is 4.26. The van der Waals surface area contributed by atoms with Crippen LogP contribution < -0.4 is 9.43 Å². The van der Waals surface area contributed by atoms with Crippen LogP contribution in [0.15, 0.2) is 18.2 Å². The van der Waals surface area contributed by atoms with E-state index in [1.807, 2.05) is 17.4 Å². The lowest BCUT2D eigenvalue weighted by Crippen LogP contribution is -2.27. The molecule has 3 aromatic heterocycles. The van der Waals surface area contributed by atoms with Gasteiger partial charge in [0, 0.05) is 40.5 Å². The fourth-order valence-electron chi connectivity index (χ4n) is 5.63. The number of aryl methyl sites for hydroxylation is 1. The molecule has 0 saturated heterocycles. The molecule has 32 heavy (non-hydrogen) atoms. The fraction of sp³-hybridized carbons (Fsp3) is 0.304. The van der Waals surface area contributed by atoms with Crippen molar-refractivity contribution in [2.45, 2.75) is 45.4 Å². The molecule has 0 amide bonds. The molecule has 0 spiro atoms. The third-order valence-electron chi connectivity index (χ3n) is 7.13. The summed E-state index contributed by atoms with van der Waals surface area (Å²) >= 11 is 4.95. The van der Waals surface area contributed by atoms with Gasteiger partial charge in [-0.05, 0) is 58.3 Å². The second-order valence-electron chi connectivity index (χ2n) is 9.72. The van der Waals surface area contributed by atoms with Crippen LogP contribution in [0.4, 0.5) is 0 Å². The average Bonchev–Trinajstić information content (AvgIpc) is 3.45. The molecule has 162 valence electrons. The van der Waals surface area contributed by atoms with Crippen LogP contribution in [-0.4, -0.2) is 29.9 Å². The summed E-state index contributed by atoms with van der Waals surface area (Å²) in [4.78, 5) is 3.67. The minimum Gasteiger partial charge on any atom is -0.531 e. The summed E-state index contributed by atoms with van der Waals surface area (Å²) in [6.07, 6.45) is 0. The van der Waals surface area contributed by atoms with Crippen molar-refractivity contribution in [2.75, 3.05) is 0 Å². The van der Waals surface area contributed by atoms with Crippen LogP contribution in [0.2, 0.25) is 0 Å². The second-order valence-corrected chi connectivity index (χ2v) is 12.8. The van der Waals surface area contributed by atoms with E-state index in [0.717, 1.165) is 5.06 Å². The molecule has 6 rings (SSSR count). The third kappa shape index (κ3) is 2.44. The lowest BCUT2D eigenvalue weighted by atomic mass is 9.78. The summed E-state index contributed by atoms with van der Waals surface area (Å²) in [5.41, 5.74) is 7.38. The Labute approximate surface area is 199 Å². The summed E-state index contributed by atoms with van der Waals surface area (Å²) in [6.45, 7) is 11.2. The zero-order chi connectivity index (χ0) is 22.7. The Balaban J connectivity index is 1.66. The Morgan fingerprint density at radius 2 is 1.56 bits per heavy atom. The second kappa shape index (κ2) is 6.50. The molecule has 4 aromatic rings. The van der Waals surface area contributed by atoms with Crippen molar-refractivity contribution in [3.05, 3.63) is 46.0 Å². The van der Waals surface area contributed by atoms with Crippen LogP contribution >= 0.6 is 34.0 Å². The fourth-order valence-corrected chi connectivity index (χ4v) is 9.90. The van der Waals surface area contributed by atoms with Gasteiger partial charge in [-0.25, -0.2) is 0 Å². The average molecular weight is 480 g/mol. The van der Waals surface area contributed by atoms with Crippen LogP contribution in [0, 0.1) is 6.92 Å². The minimum absolute atomic E-state index is 0.171. The van der Waals surface area contributed by atoms with Crippen molar-refractivity contribution in [1.29, 1.82) is 0 Å². The number of hydrogen-bond donors (Lipinski definition) is 3. The quantitative estimate of drug-likeness (QED) is 0.384. The monoisotopic (exact) mass is 480 g/mol. The number of hydrogen-bond acceptors (Lipinski definition) is 7. The number of rotatable bonds is 3. The van der Waals surface area contributed by atoms with E-state index < -0.39 is 7.12 Å². The van der Waals surface area contributed by atoms with Gasteiger partial charge in [0.05, 0.1) is 0 Å². The molecule has 3 N–H and O–H groups in total. The molecule has 2 aliphatic rings. The van der Waals surface area contributed by atoms with Gasteiger partial charge in [-0.15, -0.1) is 34.0 Å². The highest BCUT2D eigenvalue weighted by molar-refractivity contribution is 7.30. The van der Waals surface area contributed by atoms with E-state index in [1.165, 1.54) is 69.4 Å². The maximum atomic E-state index is 9.75. The molecule has 0 fully saturated rings. The number of thiophene rings is 3. The van der Waals surface area contributed by atoms with Crippen LogP contribution in [0.1, 0.15) is 55.5 Å². The first-order valence-corrected chi connectivity index (χ1v) is 13.0. The first-order chi connectivity index (χ1) is 15.1. The van der Waals surface area contributed by atoms with Crippen molar-refractivity contribution in [3.63, 3.8) is 0 Å². The maximum absolute atomic E-state index is 9.75. The first-order valence-electron chi connectivity index (χ1n) is 10.6. The largest absolute Gasteiger partial charge is 0.531 e. The van der Waals surface area contributed by atoms with E-state index in [9.17, 15) is 15.1 Å². The van der Waals surface area contributed by atoms with E-state index in [-0.39, 0.29) is 18.5 Å². The molecule has 0 unspecified atom stereocenters. The van der Waals surface area contributed by atoms with Gasteiger partial charge in [0.15, 0.2) is 5.06 Å². The normalized spacial score (nSPS) is 16.6. The van der Waals surface area contributed by atoms with E-state index in [4.69, 9.17) is 4.65 Å². The molecule has 0 aliphatic heterocycles. The van der Waals surface area contributed by atoms with Crippen molar-refractivity contribution < 1.29 is 19.7 Å².